The second kappa shape index (κ2) is 15.5. The molecule has 5 rings (SSSR count). The van der Waals surface area contributed by atoms with Crippen LogP contribution in [0.5, 0.6) is 0 Å². The number of piperidine rings is 2. The lowest BCUT2D eigenvalue weighted by molar-refractivity contribution is -0.136. The van der Waals surface area contributed by atoms with Gasteiger partial charge in [-0.2, -0.15) is 0 Å². The van der Waals surface area contributed by atoms with Gasteiger partial charge < -0.3 is 24.9 Å². The molecule has 4 amide bonds. The van der Waals surface area contributed by atoms with E-state index in [1.807, 2.05) is 78.5 Å². The fourth-order valence-corrected chi connectivity index (χ4v) is 7.62. The van der Waals surface area contributed by atoms with Crippen molar-refractivity contribution < 1.29 is 14.4 Å². The Morgan fingerprint density at radius 3 is 2.13 bits per heavy atom. The molecule has 45 heavy (non-hydrogen) atoms. The third-order valence-corrected chi connectivity index (χ3v) is 10.2. The highest BCUT2D eigenvalue weighted by Gasteiger charge is 2.40. The van der Waals surface area contributed by atoms with E-state index in [0.29, 0.717) is 43.2 Å². The number of urea groups is 1. The van der Waals surface area contributed by atoms with Gasteiger partial charge in [-0.15, -0.1) is 0 Å². The first kappa shape index (κ1) is 33.3. The van der Waals surface area contributed by atoms with Gasteiger partial charge >= 0.3 is 6.03 Å². The Bertz CT molecular complexity index is 1280. The van der Waals surface area contributed by atoms with Gasteiger partial charge in [-0.3, -0.25) is 9.59 Å². The lowest BCUT2D eigenvalue weighted by atomic mass is 9.87. The first-order valence-electron chi connectivity index (χ1n) is 16.8. The number of carbonyl (C=O) groups excluding carboxylic acids is 3. The summed E-state index contributed by atoms with van der Waals surface area (Å²) in [6, 6.07) is 17.4. The molecule has 2 heterocycles. The number of halogens is 1. The minimum absolute atomic E-state index is 0.0646. The first-order chi connectivity index (χ1) is 21.7. The van der Waals surface area contributed by atoms with E-state index in [4.69, 9.17) is 11.6 Å². The monoisotopic (exact) mass is 635 g/mol. The van der Waals surface area contributed by atoms with Crippen LogP contribution in [0.2, 0.25) is 5.02 Å². The summed E-state index contributed by atoms with van der Waals surface area (Å²) in [7, 11) is 3.69. The molecule has 2 aromatic rings. The van der Waals surface area contributed by atoms with E-state index in [1.54, 1.807) is 4.90 Å². The summed E-state index contributed by atoms with van der Waals surface area (Å²) in [6.07, 6.45) is 8.66. The van der Waals surface area contributed by atoms with E-state index < -0.39 is 0 Å². The zero-order valence-electron chi connectivity index (χ0n) is 27.2. The maximum atomic E-state index is 14.3. The third kappa shape index (κ3) is 8.39. The highest BCUT2D eigenvalue weighted by molar-refractivity contribution is 6.30. The van der Waals surface area contributed by atoms with Gasteiger partial charge in [-0.05, 0) is 74.3 Å². The Morgan fingerprint density at radius 1 is 0.867 bits per heavy atom. The molecule has 3 atom stereocenters. The fraction of sp³-hybridized carbons (Fsp3) is 0.583. The van der Waals surface area contributed by atoms with Crippen LogP contribution in [0.4, 0.5) is 4.79 Å². The number of carbonyl (C=O) groups is 3. The Hall–Kier alpha value is -3.10. The number of hydrogen-bond donors (Lipinski definition) is 1. The van der Waals surface area contributed by atoms with Gasteiger partial charge in [0.25, 0.3) is 5.91 Å². The zero-order chi connectivity index (χ0) is 31.9. The molecule has 2 aliphatic heterocycles. The number of likely N-dealkylation sites (tertiary alicyclic amines) is 2. The highest BCUT2D eigenvalue weighted by Crippen LogP contribution is 2.31. The number of nitrogens with zero attached hydrogens (tertiary/aromatic N) is 4. The summed E-state index contributed by atoms with van der Waals surface area (Å²) in [5.74, 6) is 0.354. The van der Waals surface area contributed by atoms with Gasteiger partial charge in [0.15, 0.2) is 0 Å². The quantitative estimate of drug-likeness (QED) is 0.404. The second-order valence-electron chi connectivity index (χ2n) is 13.5. The molecule has 0 spiro atoms. The van der Waals surface area contributed by atoms with Crippen molar-refractivity contribution in [2.45, 2.75) is 88.9 Å². The van der Waals surface area contributed by atoms with Crippen molar-refractivity contribution in [3.05, 3.63) is 70.7 Å². The molecule has 2 unspecified atom stereocenters. The maximum Gasteiger partial charge on any atom is 0.319 e. The molecule has 8 nitrogen and oxygen atoms in total. The van der Waals surface area contributed by atoms with Crippen LogP contribution in [0.3, 0.4) is 0 Å². The van der Waals surface area contributed by atoms with Crippen molar-refractivity contribution in [3.63, 3.8) is 0 Å². The van der Waals surface area contributed by atoms with E-state index in [1.165, 1.54) is 19.3 Å². The Morgan fingerprint density at radius 2 is 1.51 bits per heavy atom. The molecule has 0 bridgehead atoms. The number of benzene rings is 2. The van der Waals surface area contributed by atoms with Gasteiger partial charge in [-0.1, -0.05) is 68.1 Å². The topological polar surface area (TPSA) is 76.2 Å². The molecule has 1 aliphatic carbocycles. The molecule has 0 aromatic heterocycles. The zero-order valence-corrected chi connectivity index (χ0v) is 27.9. The van der Waals surface area contributed by atoms with E-state index in [-0.39, 0.29) is 47.9 Å². The first-order valence-corrected chi connectivity index (χ1v) is 17.2. The predicted octanol–water partition coefficient (Wildman–Crippen LogP) is 5.70. The molecular weight excluding hydrogens is 586 g/mol. The molecule has 1 saturated carbocycles. The normalized spacial score (nSPS) is 22.1. The summed E-state index contributed by atoms with van der Waals surface area (Å²) in [6.45, 7) is 4.79. The van der Waals surface area contributed by atoms with Gasteiger partial charge in [-0.25, -0.2) is 4.79 Å². The molecule has 2 saturated heterocycles. The Kier molecular flexibility index (Phi) is 11.4. The fourth-order valence-electron chi connectivity index (χ4n) is 7.50. The smallest absolute Gasteiger partial charge is 0.319 e. The predicted molar refractivity (Wildman–Crippen MR) is 179 cm³/mol. The standard InChI is InChI=1S/C36H50ClN5O3/c1-26-25-41(23-20-33(26)42(36(45)39(2)3)31-12-8-5-9-13-31)35(44)32(24-27-14-16-29(37)17-15-27)38-30-18-21-40(22-19-30)34(43)28-10-6-4-7-11-28/h4,6-7,10-11,14-17,26,30-33,38H,5,8-9,12-13,18-25H2,1-3H3/t26?,32-,33?/m0/s1. The molecule has 244 valence electrons. The second-order valence-corrected chi connectivity index (χ2v) is 13.9. The third-order valence-electron chi connectivity index (χ3n) is 9.99. The summed E-state index contributed by atoms with van der Waals surface area (Å²) in [4.78, 5) is 48.5. The number of hydrogen-bond acceptors (Lipinski definition) is 4. The maximum absolute atomic E-state index is 14.3. The SMILES string of the molecule is CC1CN(C(=O)[C@H](Cc2ccc(Cl)cc2)NC2CCN(C(=O)c3ccccc3)CC2)CCC1N(C(=O)N(C)C)C1CCCCC1. The van der Waals surface area contributed by atoms with Crippen molar-refractivity contribution >= 4 is 29.4 Å². The van der Waals surface area contributed by atoms with Crippen LogP contribution in [0.1, 0.15) is 74.2 Å². The van der Waals surface area contributed by atoms with Gasteiger partial charge in [0.2, 0.25) is 5.91 Å². The summed E-state index contributed by atoms with van der Waals surface area (Å²) >= 11 is 6.17. The van der Waals surface area contributed by atoms with Gasteiger partial charge in [0.05, 0.1) is 6.04 Å². The van der Waals surface area contributed by atoms with Crippen LogP contribution >= 0.6 is 11.6 Å². The molecule has 2 aromatic carbocycles. The van der Waals surface area contributed by atoms with Crippen molar-refractivity contribution in [3.8, 4) is 0 Å². The summed E-state index contributed by atoms with van der Waals surface area (Å²) in [5.41, 5.74) is 1.77. The van der Waals surface area contributed by atoms with Crippen molar-refractivity contribution in [1.82, 2.24) is 24.9 Å². The van der Waals surface area contributed by atoms with E-state index in [0.717, 1.165) is 37.7 Å². The highest BCUT2D eigenvalue weighted by atomic mass is 35.5. The van der Waals surface area contributed by atoms with Crippen molar-refractivity contribution in [2.24, 2.45) is 5.92 Å². The van der Waals surface area contributed by atoms with Crippen LogP contribution in [0.15, 0.2) is 54.6 Å². The molecular formula is C36H50ClN5O3. The number of nitrogens with one attached hydrogen (secondary N) is 1. The molecule has 1 N–H and O–H groups in total. The molecule has 3 aliphatic rings. The van der Waals surface area contributed by atoms with Crippen LogP contribution in [-0.2, 0) is 11.2 Å². The van der Waals surface area contributed by atoms with Crippen molar-refractivity contribution in [2.75, 3.05) is 40.3 Å². The van der Waals surface area contributed by atoms with E-state index in [2.05, 4.69) is 17.1 Å². The van der Waals surface area contributed by atoms with E-state index in [9.17, 15) is 14.4 Å². The number of rotatable bonds is 8. The average molecular weight is 636 g/mol. The van der Waals surface area contributed by atoms with Crippen LogP contribution in [0, 0.1) is 5.92 Å². The average Bonchev–Trinajstić information content (AvgIpc) is 3.06. The minimum atomic E-state index is -0.380. The van der Waals surface area contributed by atoms with Gasteiger partial charge in [0, 0.05) is 69.0 Å². The Labute approximate surface area is 274 Å². The largest absolute Gasteiger partial charge is 0.341 e. The molecule has 3 fully saturated rings. The van der Waals surface area contributed by atoms with Crippen molar-refractivity contribution in [1.29, 1.82) is 0 Å². The van der Waals surface area contributed by atoms with Crippen LogP contribution in [-0.4, -0.2) is 102 Å². The summed E-state index contributed by atoms with van der Waals surface area (Å²) in [5, 5.41) is 4.39. The van der Waals surface area contributed by atoms with E-state index >= 15 is 0 Å². The molecule has 0 radical (unpaired) electrons. The lowest BCUT2D eigenvalue weighted by Gasteiger charge is -2.48. The Balaban J connectivity index is 1.25. The minimum Gasteiger partial charge on any atom is -0.341 e. The van der Waals surface area contributed by atoms with Gasteiger partial charge in [0.1, 0.15) is 0 Å². The lowest BCUT2D eigenvalue weighted by Crippen LogP contribution is -2.60. The summed E-state index contributed by atoms with van der Waals surface area (Å²) < 4.78 is 0. The van der Waals surface area contributed by atoms with Crippen LogP contribution in [0.25, 0.3) is 0 Å². The number of amides is 4. The molecule has 9 heteroatoms. The van der Waals surface area contributed by atoms with Crippen LogP contribution < -0.4 is 5.32 Å².